The number of hydrogen-bond acceptors (Lipinski definition) is 5. The van der Waals surface area contributed by atoms with Gasteiger partial charge < -0.3 is 4.90 Å². The van der Waals surface area contributed by atoms with Crippen LogP contribution in [0.4, 0.5) is 5.69 Å². The van der Waals surface area contributed by atoms with Crippen molar-refractivity contribution in [3.05, 3.63) is 58.6 Å². The van der Waals surface area contributed by atoms with E-state index in [1.165, 1.54) is 10.6 Å². The average molecular weight is 382 g/mol. The Hall–Kier alpha value is -2.93. The maximum atomic E-state index is 12.2. The Bertz CT molecular complexity index is 922. The molecule has 27 heavy (non-hydrogen) atoms. The predicted molar refractivity (Wildman–Crippen MR) is 112 cm³/mol. The van der Waals surface area contributed by atoms with Crippen molar-refractivity contribution >= 4 is 29.1 Å². The van der Waals surface area contributed by atoms with Crippen LogP contribution in [-0.2, 0) is 0 Å². The summed E-state index contributed by atoms with van der Waals surface area (Å²) in [6, 6.07) is 13.9. The highest BCUT2D eigenvalue weighted by atomic mass is 32.1. The normalized spacial score (nSPS) is 11.1. The van der Waals surface area contributed by atoms with Crippen LogP contribution in [-0.4, -0.2) is 35.4 Å². The summed E-state index contributed by atoms with van der Waals surface area (Å²) >= 11 is 1.65. The number of nitrogens with zero attached hydrogens (tertiary/aromatic N) is 3. The van der Waals surface area contributed by atoms with E-state index in [0.29, 0.717) is 5.69 Å². The molecule has 0 atom stereocenters. The second-order valence-corrected chi connectivity index (χ2v) is 7.33. The molecule has 0 fully saturated rings. The molecule has 0 aliphatic carbocycles. The van der Waals surface area contributed by atoms with Crippen LogP contribution in [0.3, 0.4) is 0 Å². The number of hydrogen-bond donors (Lipinski definition) is 2. The van der Waals surface area contributed by atoms with Crippen molar-refractivity contribution in [2.75, 3.05) is 18.0 Å². The minimum Gasteiger partial charge on any atom is -0.372 e. The minimum absolute atomic E-state index is 0.310. The largest absolute Gasteiger partial charge is 0.372 e. The molecular weight excluding hydrogens is 358 g/mol. The lowest BCUT2D eigenvalue weighted by Gasteiger charge is -2.20. The highest BCUT2D eigenvalue weighted by Gasteiger charge is 2.11. The second kappa shape index (κ2) is 8.64. The second-order valence-electron chi connectivity index (χ2n) is 6.04. The van der Waals surface area contributed by atoms with E-state index < -0.39 is 0 Å². The number of amides is 1. The molecule has 1 aromatic carbocycles. The molecule has 3 aromatic rings. The van der Waals surface area contributed by atoms with Crippen LogP contribution < -0.4 is 10.3 Å². The van der Waals surface area contributed by atoms with Crippen LogP contribution >= 0.6 is 11.3 Å². The van der Waals surface area contributed by atoms with Gasteiger partial charge in [-0.25, -0.2) is 5.43 Å². The van der Waals surface area contributed by atoms with E-state index in [1.807, 2.05) is 31.2 Å². The molecule has 3 rings (SSSR count). The first-order valence-corrected chi connectivity index (χ1v) is 9.73. The fraction of sp³-hybridized carbons (Fsp3) is 0.250. The number of aromatic amines is 1. The first-order chi connectivity index (χ1) is 13.1. The molecule has 6 nitrogen and oxygen atoms in total. The summed E-state index contributed by atoms with van der Waals surface area (Å²) < 4.78 is 0. The van der Waals surface area contributed by atoms with Crippen LogP contribution in [0.5, 0.6) is 0 Å². The van der Waals surface area contributed by atoms with E-state index in [1.54, 1.807) is 23.6 Å². The number of rotatable bonds is 7. The molecule has 0 aliphatic heterocycles. The van der Waals surface area contributed by atoms with Crippen molar-refractivity contribution < 1.29 is 4.79 Å². The summed E-state index contributed by atoms with van der Waals surface area (Å²) in [5.74, 6) is -0.346. The Kier molecular flexibility index (Phi) is 6.03. The van der Waals surface area contributed by atoms with Crippen molar-refractivity contribution in [3.8, 4) is 10.6 Å². The van der Waals surface area contributed by atoms with Crippen molar-refractivity contribution in [1.29, 1.82) is 0 Å². The number of aryl methyl sites for hydroxylation is 1. The summed E-state index contributed by atoms with van der Waals surface area (Å²) in [4.78, 5) is 16.7. The first kappa shape index (κ1) is 18.8. The number of thiophene rings is 1. The quantitative estimate of drug-likeness (QED) is 0.479. The van der Waals surface area contributed by atoms with Gasteiger partial charge in [-0.15, -0.1) is 11.3 Å². The Morgan fingerprint density at radius 2 is 1.96 bits per heavy atom. The Morgan fingerprint density at radius 1 is 1.22 bits per heavy atom. The molecule has 0 radical (unpaired) electrons. The third kappa shape index (κ3) is 4.62. The summed E-state index contributed by atoms with van der Waals surface area (Å²) in [5.41, 5.74) is 5.75. The number of nitrogens with one attached hydrogen (secondary N) is 2. The predicted octanol–water partition coefficient (Wildman–Crippen LogP) is 4.06. The van der Waals surface area contributed by atoms with Gasteiger partial charge >= 0.3 is 0 Å². The van der Waals surface area contributed by atoms with Crippen LogP contribution in [0.1, 0.15) is 34.8 Å². The van der Waals surface area contributed by atoms with E-state index >= 15 is 0 Å². The maximum absolute atomic E-state index is 12.2. The zero-order valence-electron chi connectivity index (χ0n) is 15.7. The Labute approximate surface area is 162 Å². The fourth-order valence-corrected chi connectivity index (χ4v) is 3.56. The van der Waals surface area contributed by atoms with Crippen molar-refractivity contribution in [2.45, 2.75) is 20.8 Å². The smallest absolute Gasteiger partial charge is 0.291 e. The van der Waals surface area contributed by atoms with Gasteiger partial charge in [0.2, 0.25) is 0 Å². The molecule has 0 aliphatic rings. The van der Waals surface area contributed by atoms with Crippen LogP contribution in [0.25, 0.3) is 10.6 Å². The molecule has 0 unspecified atom stereocenters. The van der Waals surface area contributed by atoms with Gasteiger partial charge in [-0.1, -0.05) is 12.1 Å². The third-order valence-electron chi connectivity index (χ3n) is 4.22. The topological polar surface area (TPSA) is 73.4 Å². The molecule has 0 spiro atoms. The van der Waals surface area contributed by atoms with Crippen LogP contribution in [0, 0.1) is 6.92 Å². The van der Waals surface area contributed by atoms with E-state index in [2.05, 4.69) is 51.6 Å². The van der Waals surface area contributed by atoms with E-state index in [4.69, 9.17) is 0 Å². The highest BCUT2D eigenvalue weighted by Crippen LogP contribution is 2.26. The Balaban J connectivity index is 1.59. The number of anilines is 1. The third-order valence-corrected chi connectivity index (χ3v) is 5.25. The number of carbonyl (C=O) groups is 1. The standard InChI is InChI=1S/C20H23N5OS/c1-4-25(5-2)16-9-7-15(8-10-16)13-21-24-20(26)18-12-17(22-23-18)19-11-6-14(3)27-19/h6-13H,4-5H2,1-3H3,(H,22,23)(H,24,26)/b21-13+. The van der Waals surface area contributed by atoms with Gasteiger partial charge in [0.15, 0.2) is 5.69 Å². The molecule has 0 bridgehead atoms. The number of hydrazone groups is 1. The summed E-state index contributed by atoms with van der Waals surface area (Å²) in [5, 5.41) is 11.0. The van der Waals surface area contributed by atoms with Gasteiger partial charge in [-0.05, 0) is 56.7 Å². The molecular formula is C20H23N5OS. The monoisotopic (exact) mass is 381 g/mol. The van der Waals surface area contributed by atoms with Crippen LogP contribution in [0.2, 0.25) is 0 Å². The zero-order chi connectivity index (χ0) is 19.2. The van der Waals surface area contributed by atoms with Gasteiger partial charge in [-0.2, -0.15) is 10.2 Å². The van der Waals surface area contributed by atoms with Gasteiger partial charge in [0.1, 0.15) is 0 Å². The SMILES string of the molecule is CCN(CC)c1ccc(/C=N/NC(=O)c2cc(-c3ccc(C)s3)[nH]n2)cc1. The van der Waals surface area contributed by atoms with E-state index in [9.17, 15) is 4.79 Å². The number of H-pyrrole nitrogens is 1. The van der Waals surface area contributed by atoms with Gasteiger partial charge in [0, 0.05) is 23.7 Å². The van der Waals surface area contributed by atoms with Crippen LogP contribution in [0.15, 0.2) is 47.6 Å². The number of aromatic nitrogens is 2. The summed E-state index contributed by atoms with van der Waals surface area (Å²) in [6.45, 7) is 8.25. The zero-order valence-corrected chi connectivity index (χ0v) is 16.5. The molecule has 1 amide bonds. The lowest BCUT2D eigenvalue weighted by molar-refractivity contribution is 0.0950. The van der Waals surface area contributed by atoms with Crippen molar-refractivity contribution in [3.63, 3.8) is 0 Å². The number of benzene rings is 1. The summed E-state index contributed by atoms with van der Waals surface area (Å²) in [6.07, 6.45) is 1.63. The van der Waals surface area contributed by atoms with E-state index in [-0.39, 0.29) is 5.91 Å². The average Bonchev–Trinajstić information content (AvgIpc) is 3.33. The molecule has 7 heteroatoms. The molecule has 0 saturated heterocycles. The van der Waals surface area contributed by atoms with Gasteiger partial charge in [0.05, 0.1) is 16.8 Å². The molecule has 2 N–H and O–H groups in total. The molecule has 2 aromatic heterocycles. The molecule has 0 saturated carbocycles. The fourth-order valence-electron chi connectivity index (χ4n) is 2.73. The van der Waals surface area contributed by atoms with Gasteiger partial charge in [0.25, 0.3) is 5.91 Å². The lowest BCUT2D eigenvalue weighted by atomic mass is 10.2. The molecule has 140 valence electrons. The minimum atomic E-state index is -0.346. The summed E-state index contributed by atoms with van der Waals surface area (Å²) in [7, 11) is 0. The van der Waals surface area contributed by atoms with E-state index in [0.717, 1.165) is 29.2 Å². The molecule has 2 heterocycles. The maximum Gasteiger partial charge on any atom is 0.291 e. The Morgan fingerprint density at radius 3 is 2.59 bits per heavy atom. The first-order valence-electron chi connectivity index (χ1n) is 8.91. The number of carbonyl (C=O) groups excluding carboxylic acids is 1. The highest BCUT2D eigenvalue weighted by molar-refractivity contribution is 7.15. The van der Waals surface area contributed by atoms with Gasteiger partial charge in [-0.3, -0.25) is 9.89 Å². The van der Waals surface area contributed by atoms with Crippen molar-refractivity contribution in [1.82, 2.24) is 15.6 Å². The van der Waals surface area contributed by atoms with Crippen molar-refractivity contribution in [2.24, 2.45) is 5.10 Å². The lowest BCUT2D eigenvalue weighted by Crippen LogP contribution is -2.21.